The van der Waals surface area contributed by atoms with Crippen molar-refractivity contribution in [1.29, 1.82) is 5.26 Å². The first-order valence-electron chi connectivity index (χ1n) is 6.24. The number of nitriles is 1. The Balaban J connectivity index is 2.33. The Bertz CT molecular complexity index is 718. The third-order valence-corrected chi connectivity index (χ3v) is 2.91. The Morgan fingerprint density at radius 1 is 1.24 bits per heavy atom. The van der Waals surface area contributed by atoms with Crippen LogP contribution in [0, 0.1) is 11.3 Å². The summed E-state index contributed by atoms with van der Waals surface area (Å²) in [6.07, 6.45) is 0. The number of benzene rings is 2. The van der Waals surface area contributed by atoms with Gasteiger partial charge in [-0.1, -0.05) is 6.07 Å². The highest BCUT2D eigenvalue weighted by molar-refractivity contribution is 5.88. The minimum absolute atomic E-state index is 0.0564. The van der Waals surface area contributed by atoms with E-state index in [4.69, 9.17) is 15.1 Å². The van der Waals surface area contributed by atoms with Crippen LogP contribution in [0.15, 0.2) is 42.5 Å². The zero-order chi connectivity index (χ0) is 15.4. The summed E-state index contributed by atoms with van der Waals surface area (Å²) >= 11 is 0. The molecule has 0 saturated heterocycles. The Kier molecular flexibility index (Phi) is 4.10. The monoisotopic (exact) mass is 282 g/mol. The van der Waals surface area contributed by atoms with E-state index in [-0.39, 0.29) is 11.1 Å². The molecule has 0 unspecified atom stereocenters. The molecular weight excluding hydrogens is 268 g/mol. The number of hydrogen-bond acceptors (Lipinski definition) is 4. The predicted molar refractivity (Wildman–Crippen MR) is 79.0 cm³/mol. The van der Waals surface area contributed by atoms with Gasteiger partial charge in [0.2, 0.25) is 0 Å². The number of carbonyl (C=O) groups is 1. The van der Waals surface area contributed by atoms with Crippen molar-refractivity contribution in [3.8, 4) is 17.6 Å². The molecule has 21 heavy (non-hydrogen) atoms. The maximum absolute atomic E-state index is 10.9. The van der Waals surface area contributed by atoms with E-state index in [0.29, 0.717) is 11.5 Å². The normalized spacial score (nSPS) is 9.76. The smallest absolute Gasteiger partial charge is 0.335 e. The zero-order valence-electron chi connectivity index (χ0n) is 11.7. The molecule has 0 amide bonds. The lowest BCUT2D eigenvalue weighted by atomic mass is 10.1. The first-order chi connectivity index (χ1) is 10.0. The maximum Gasteiger partial charge on any atom is 0.335 e. The molecule has 5 nitrogen and oxygen atoms in total. The fraction of sp³-hybridized carbons (Fsp3) is 0.125. The van der Waals surface area contributed by atoms with Crippen LogP contribution in [-0.2, 0) is 0 Å². The van der Waals surface area contributed by atoms with Crippen molar-refractivity contribution in [1.82, 2.24) is 0 Å². The average molecular weight is 282 g/mol. The van der Waals surface area contributed by atoms with Gasteiger partial charge in [0.15, 0.2) is 0 Å². The Morgan fingerprint density at radius 3 is 2.62 bits per heavy atom. The minimum Gasteiger partial charge on any atom is -0.478 e. The molecular formula is C16H14N2O3. The number of rotatable bonds is 4. The number of ether oxygens (including phenoxy) is 1. The molecule has 0 fully saturated rings. The van der Waals surface area contributed by atoms with Crippen LogP contribution in [0.4, 0.5) is 5.69 Å². The van der Waals surface area contributed by atoms with Crippen LogP contribution in [0.1, 0.15) is 15.9 Å². The van der Waals surface area contributed by atoms with Gasteiger partial charge in [0, 0.05) is 25.8 Å². The van der Waals surface area contributed by atoms with Gasteiger partial charge in [-0.3, -0.25) is 0 Å². The molecule has 2 aromatic carbocycles. The summed E-state index contributed by atoms with van der Waals surface area (Å²) in [4.78, 5) is 12.8. The molecule has 0 heterocycles. The molecule has 2 aromatic rings. The summed E-state index contributed by atoms with van der Waals surface area (Å²) < 4.78 is 5.68. The van der Waals surface area contributed by atoms with E-state index in [1.165, 1.54) is 18.2 Å². The number of aromatic carboxylic acids is 1. The van der Waals surface area contributed by atoms with E-state index in [2.05, 4.69) is 0 Å². The van der Waals surface area contributed by atoms with Crippen molar-refractivity contribution < 1.29 is 14.6 Å². The van der Waals surface area contributed by atoms with Gasteiger partial charge in [-0.2, -0.15) is 5.26 Å². The molecule has 0 spiro atoms. The lowest BCUT2D eigenvalue weighted by Gasteiger charge is -2.14. The van der Waals surface area contributed by atoms with Crippen LogP contribution in [0.5, 0.6) is 11.5 Å². The fourth-order valence-corrected chi connectivity index (χ4v) is 1.79. The summed E-state index contributed by atoms with van der Waals surface area (Å²) in [5, 5.41) is 18.0. The first kappa shape index (κ1) is 14.4. The van der Waals surface area contributed by atoms with Gasteiger partial charge < -0.3 is 14.7 Å². The van der Waals surface area contributed by atoms with Gasteiger partial charge in [0.05, 0.1) is 11.1 Å². The molecule has 0 bridgehead atoms. The van der Waals surface area contributed by atoms with Crippen LogP contribution in [0.2, 0.25) is 0 Å². The minimum atomic E-state index is -1.08. The van der Waals surface area contributed by atoms with Crippen molar-refractivity contribution in [3.63, 3.8) is 0 Å². The highest BCUT2D eigenvalue weighted by atomic mass is 16.5. The SMILES string of the molecule is CN(C)c1cccc(Oc2ccc(C(=O)O)cc2C#N)c1. The summed E-state index contributed by atoms with van der Waals surface area (Å²) in [6.45, 7) is 0. The Labute approximate surface area is 122 Å². The van der Waals surface area contributed by atoms with Gasteiger partial charge in [-0.25, -0.2) is 4.79 Å². The number of anilines is 1. The second kappa shape index (κ2) is 5.97. The quantitative estimate of drug-likeness (QED) is 0.932. The van der Waals surface area contributed by atoms with Gasteiger partial charge in [0.25, 0.3) is 0 Å². The molecule has 0 aromatic heterocycles. The first-order valence-corrected chi connectivity index (χ1v) is 6.24. The molecule has 1 N–H and O–H groups in total. The highest BCUT2D eigenvalue weighted by Gasteiger charge is 2.10. The standard InChI is InChI=1S/C16H14N2O3/c1-18(2)13-4-3-5-14(9-13)21-15-7-6-11(16(19)20)8-12(15)10-17/h3-9H,1-2H3,(H,19,20). The predicted octanol–water partition coefficient (Wildman–Crippen LogP) is 3.11. The van der Waals surface area contributed by atoms with Crippen molar-refractivity contribution in [2.24, 2.45) is 0 Å². The van der Waals surface area contributed by atoms with Gasteiger partial charge in [0.1, 0.15) is 17.6 Å². The lowest BCUT2D eigenvalue weighted by Crippen LogP contribution is -2.08. The molecule has 0 aliphatic heterocycles. The van der Waals surface area contributed by atoms with Crippen molar-refractivity contribution in [3.05, 3.63) is 53.6 Å². The van der Waals surface area contributed by atoms with Crippen LogP contribution >= 0.6 is 0 Å². The third-order valence-electron chi connectivity index (χ3n) is 2.91. The average Bonchev–Trinajstić information content (AvgIpc) is 2.47. The number of hydrogen-bond donors (Lipinski definition) is 1. The molecule has 0 saturated carbocycles. The van der Waals surface area contributed by atoms with Crippen LogP contribution in [0.3, 0.4) is 0 Å². The van der Waals surface area contributed by atoms with E-state index in [0.717, 1.165) is 5.69 Å². The topological polar surface area (TPSA) is 73.6 Å². The van der Waals surface area contributed by atoms with E-state index in [9.17, 15) is 4.79 Å². The summed E-state index contributed by atoms with van der Waals surface area (Å²) in [5.41, 5.74) is 1.21. The number of carboxylic acid groups (broad SMARTS) is 1. The van der Waals surface area contributed by atoms with Crippen molar-refractivity contribution in [2.75, 3.05) is 19.0 Å². The zero-order valence-corrected chi connectivity index (χ0v) is 11.7. The molecule has 0 aliphatic carbocycles. The molecule has 5 heteroatoms. The largest absolute Gasteiger partial charge is 0.478 e. The number of carboxylic acids is 1. The van der Waals surface area contributed by atoms with Gasteiger partial charge in [-0.05, 0) is 30.3 Å². The highest BCUT2D eigenvalue weighted by Crippen LogP contribution is 2.28. The molecule has 0 radical (unpaired) electrons. The van der Waals surface area contributed by atoms with E-state index in [1.54, 1.807) is 6.07 Å². The van der Waals surface area contributed by atoms with Crippen molar-refractivity contribution in [2.45, 2.75) is 0 Å². The third kappa shape index (κ3) is 3.31. The van der Waals surface area contributed by atoms with Crippen molar-refractivity contribution >= 4 is 11.7 Å². The Hall–Kier alpha value is -3.00. The second-order valence-corrected chi connectivity index (χ2v) is 4.62. The summed E-state index contributed by atoms with van der Waals surface area (Å²) in [6, 6.07) is 13.6. The fourth-order valence-electron chi connectivity index (χ4n) is 1.79. The van der Waals surface area contributed by atoms with Crippen LogP contribution < -0.4 is 9.64 Å². The molecule has 0 atom stereocenters. The number of nitrogens with zero attached hydrogens (tertiary/aromatic N) is 2. The Morgan fingerprint density at radius 2 is 2.00 bits per heavy atom. The molecule has 106 valence electrons. The molecule has 2 rings (SSSR count). The van der Waals surface area contributed by atoms with E-state index < -0.39 is 5.97 Å². The van der Waals surface area contributed by atoms with Crippen LogP contribution in [-0.4, -0.2) is 25.2 Å². The summed E-state index contributed by atoms with van der Waals surface area (Å²) in [7, 11) is 3.84. The van der Waals surface area contributed by atoms with E-state index in [1.807, 2.05) is 43.3 Å². The van der Waals surface area contributed by atoms with Gasteiger partial charge in [-0.15, -0.1) is 0 Å². The van der Waals surface area contributed by atoms with Crippen LogP contribution in [0.25, 0.3) is 0 Å². The second-order valence-electron chi connectivity index (χ2n) is 4.62. The lowest BCUT2D eigenvalue weighted by molar-refractivity contribution is 0.0697. The van der Waals surface area contributed by atoms with E-state index >= 15 is 0 Å². The summed E-state index contributed by atoms with van der Waals surface area (Å²) in [5.74, 6) is -0.160. The maximum atomic E-state index is 10.9. The molecule has 0 aliphatic rings. The van der Waals surface area contributed by atoms with Gasteiger partial charge >= 0.3 is 5.97 Å².